The van der Waals surface area contributed by atoms with Gasteiger partial charge in [-0.15, -0.1) is 0 Å². The summed E-state index contributed by atoms with van der Waals surface area (Å²) in [5, 5.41) is 3.40. The third-order valence-corrected chi connectivity index (χ3v) is 5.47. The van der Waals surface area contributed by atoms with Crippen LogP contribution in [0.5, 0.6) is 0 Å². The Hall–Kier alpha value is -1.24. The van der Waals surface area contributed by atoms with Crippen LogP contribution in [0.1, 0.15) is 32.1 Å². The molecule has 23 heavy (non-hydrogen) atoms. The first-order valence-corrected chi connectivity index (χ1v) is 8.64. The highest BCUT2D eigenvalue weighted by Crippen LogP contribution is 2.28. The predicted octanol–water partition coefficient (Wildman–Crippen LogP) is 1.09. The topological polar surface area (TPSA) is 52.7 Å². The van der Waals surface area contributed by atoms with E-state index in [-0.39, 0.29) is 12.5 Å². The lowest BCUT2D eigenvalue weighted by atomic mass is 9.85. The Morgan fingerprint density at radius 1 is 1.22 bits per heavy atom. The molecule has 0 aromatic rings. The lowest BCUT2D eigenvalue weighted by molar-refractivity contribution is -0.154. The number of halogens is 2. The summed E-state index contributed by atoms with van der Waals surface area (Å²) in [6.45, 7) is 1.70. The van der Waals surface area contributed by atoms with Crippen LogP contribution in [0.25, 0.3) is 0 Å². The van der Waals surface area contributed by atoms with Gasteiger partial charge in [0.15, 0.2) is 0 Å². The molecule has 5 nitrogen and oxygen atoms in total. The Kier molecular flexibility index (Phi) is 5.14. The molecule has 2 heterocycles. The highest BCUT2D eigenvalue weighted by atomic mass is 19.3. The Morgan fingerprint density at radius 3 is 2.65 bits per heavy atom. The maximum absolute atomic E-state index is 12.8. The molecule has 2 saturated heterocycles. The first kappa shape index (κ1) is 16.6. The van der Waals surface area contributed by atoms with Crippen molar-refractivity contribution < 1.29 is 18.4 Å². The standard InChI is InChI=1S/C16H25F2N3O2/c17-14(18)10-21(8-11-2-1-3-11)16(23)15(22)20-7-5-13-12(9-20)4-6-19-13/h11-14,19H,1-10H2/t12-,13+/m1/s1. The minimum atomic E-state index is -2.60. The molecule has 2 aliphatic heterocycles. The van der Waals surface area contributed by atoms with Gasteiger partial charge in [0.05, 0.1) is 6.54 Å². The maximum Gasteiger partial charge on any atom is 0.312 e. The van der Waals surface area contributed by atoms with Crippen LogP contribution in [0.15, 0.2) is 0 Å². The molecule has 3 fully saturated rings. The van der Waals surface area contributed by atoms with Crippen molar-refractivity contribution in [1.82, 2.24) is 15.1 Å². The zero-order valence-electron chi connectivity index (χ0n) is 13.3. The van der Waals surface area contributed by atoms with Crippen molar-refractivity contribution in [2.45, 2.75) is 44.6 Å². The summed E-state index contributed by atoms with van der Waals surface area (Å²) in [4.78, 5) is 27.5. The SMILES string of the molecule is O=C(C(=O)N1CC[C@@H]2NCC[C@@H]2C1)N(CC(F)F)CC1CCC1. The van der Waals surface area contributed by atoms with Crippen LogP contribution in [0.3, 0.4) is 0 Å². The van der Waals surface area contributed by atoms with E-state index in [2.05, 4.69) is 5.32 Å². The summed E-state index contributed by atoms with van der Waals surface area (Å²) in [6, 6.07) is 0.432. The van der Waals surface area contributed by atoms with Crippen LogP contribution >= 0.6 is 0 Å². The minimum absolute atomic E-state index is 0.273. The zero-order valence-corrected chi connectivity index (χ0v) is 13.3. The Balaban J connectivity index is 1.59. The van der Waals surface area contributed by atoms with Gasteiger partial charge in [-0.05, 0) is 44.1 Å². The summed E-state index contributed by atoms with van der Waals surface area (Å²) in [7, 11) is 0. The van der Waals surface area contributed by atoms with Gasteiger partial charge in [0.2, 0.25) is 0 Å². The Labute approximate surface area is 135 Å². The molecule has 3 aliphatic rings. The number of rotatable bonds is 4. The number of carbonyl (C=O) groups is 2. The van der Waals surface area contributed by atoms with Gasteiger partial charge in [0.1, 0.15) is 0 Å². The molecular formula is C16H25F2N3O2. The smallest absolute Gasteiger partial charge is 0.312 e. The van der Waals surface area contributed by atoms with Gasteiger partial charge in [-0.1, -0.05) is 6.42 Å². The van der Waals surface area contributed by atoms with Gasteiger partial charge in [-0.3, -0.25) is 9.59 Å². The van der Waals surface area contributed by atoms with Crippen LogP contribution in [0.4, 0.5) is 8.78 Å². The van der Waals surface area contributed by atoms with E-state index in [9.17, 15) is 18.4 Å². The quantitative estimate of drug-likeness (QED) is 0.786. The first-order chi connectivity index (χ1) is 11.0. The van der Waals surface area contributed by atoms with Crippen LogP contribution < -0.4 is 5.32 Å². The molecule has 0 bridgehead atoms. The van der Waals surface area contributed by atoms with Crippen molar-refractivity contribution in [3.05, 3.63) is 0 Å². The summed E-state index contributed by atoms with van der Waals surface area (Å²) >= 11 is 0. The van der Waals surface area contributed by atoms with E-state index in [4.69, 9.17) is 0 Å². The van der Waals surface area contributed by atoms with Gasteiger partial charge in [0, 0.05) is 25.7 Å². The van der Waals surface area contributed by atoms with Crippen LogP contribution in [0, 0.1) is 11.8 Å². The maximum atomic E-state index is 12.8. The van der Waals surface area contributed by atoms with E-state index >= 15 is 0 Å². The average molecular weight is 329 g/mol. The molecule has 0 aromatic carbocycles. The number of amides is 2. The van der Waals surface area contributed by atoms with E-state index in [1.54, 1.807) is 4.90 Å². The summed E-state index contributed by atoms with van der Waals surface area (Å²) in [5.41, 5.74) is 0. The fraction of sp³-hybridized carbons (Fsp3) is 0.875. The number of nitrogens with zero attached hydrogens (tertiary/aromatic N) is 2. The molecule has 1 N–H and O–H groups in total. The molecule has 1 aliphatic carbocycles. The van der Waals surface area contributed by atoms with Crippen LogP contribution in [-0.2, 0) is 9.59 Å². The first-order valence-electron chi connectivity index (χ1n) is 8.64. The molecule has 0 radical (unpaired) electrons. The fourth-order valence-electron chi connectivity index (χ4n) is 3.90. The van der Waals surface area contributed by atoms with Crippen molar-refractivity contribution in [3.63, 3.8) is 0 Å². The second-order valence-electron chi connectivity index (χ2n) is 7.05. The second kappa shape index (κ2) is 7.11. The van der Waals surface area contributed by atoms with Gasteiger partial charge < -0.3 is 15.1 Å². The second-order valence-corrected chi connectivity index (χ2v) is 7.05. The number of hydrogen-bond donors (Lipinski definition) is 1. The third-order valence-electron chi connectivity index (χ3n) is 5.47. The molecule has 2 amide bonds. The highest BCUT2D eigenvalue weighted by Gasteiger charge is 2.38. The number of likely N-dealkylation sites (tertiary alicyclic amines) is 1. The molecule has 0 unspecified atom stereocenters. The Morgan fingerprint density at radius 2 is 2.00 bits per heavy atom. The Bertz CT molecular complexity index is 457. The molecule has 1 saturated carbocycles. The molecule has 130 valence electrons. The number of alkyl halides is 2. The van der Waals surface area contributed by atoms with Crippen molar-refractivity contribution in [1.29, 1.82) is 0 Å². The number of piperidine rings is 1. The van der Waals surface area contributed by atoms with E-state index < -0.39 is 24.8 Å². The van der Waals surface area contributed by atoms with Gasteiger partial charge >= 0.3 is 11.8 Å². The molecule has 0 aromatic heterocycles. The summed E-state index contributed by atoms with van der Waals surface area (Å²) in [6.07, 6.45) is 2.24. The van der Waals surface area contributed by atoms with E-state index in [1.165, 1.54) is 0 Å². The highest BCUT2D eigenvalue weighted by molar-refractivity contribution is 6.34. The fourth-order valence-corrected chi connectivity index (χ4v) is 3.90. The van der Waals surface area contributed by atoms with Gasteiger partial charge in [-0.25, -0.2) is 8.78 Å². The van der Waals surface area contributed by atoms with Crippen LogP contribution in [-0.4, -0.2) is 66.8 Å². The van der Waals surface area contributed by atoms with Gasteiger partial charge in [-0.2, -0.15) is 0 Å². The number of nitrogens with one attached hydrogen (secondary N) is 1. The van der Waals surface area contributed by atoms with Crippen LogP contribution in [0.2, 0.25) is 0 Å². The molecule has 7 heteroatoms. The van der Waals surface area contributed by atoms with Crippen molar-refractivity contribution >= 4 is 11.8 Å². The minimum Gasteiger partial charge on any atom is -0.334 e. The number of carbonyl (C=O) groups excluding carboxylic acids is 2. The lowest BCUT2D eigenvalue weighted by Crippen LogP contribution is -2.53. The lowest BCUT2D eigenvalue weighted by Gasteiger charge is -2.36. The molecule has 2 atom stereocenters. The van der Waals surface area contributed by atoms with Gasteiger partial charge in [0.25, 0.3) is 6.43 Å². The molecular weight excluding hydrogens is 304 g/mol. The van der Waals surface area contributed by atoms with E-state index in [0.29, 0.717) is 25.0 Å². The number of fused-ring (bicyclic) bond motifs is 1. The van der Waals surface area contributed by atoms with E-state index in [0.717, 1.165) is 43.5 Å². The van der Waals surface area contributed by atoms with E-state index in [1.807, 2.05) is 0 Å². The third kappa shape index (κ3) is 3.82. The molecule has 3 rings (SSSR count). The average Bonchev–Trinajstić information content (AvgIpc) is 2.95. The monoisotopic (exact) mass is 329 g/mol. The largest absolute Gasteiger partial charge is 0.334 e. The normalized spacial score (nSPS) is 27.7. The molecule has 0 spiro atoms. The predicted molar refractivity (Wildman–Crippen MR) is 81.0 cm³/mol. The van der Waals surface area contributed by atoms with Crippen molar-refractivity contribution in [2.75, 3.05) is 32.7 Å². The summed E-state index contributed by atoms with van der Waals surface area (Å²) in [5.74, 6) is -0.692. The number of hydrogen-bond acceptors (Lipinski definition) is 3. The zero-order chi connectivity index (χ0) is 16.4. The van der Waals surface area contributed by atoms with Crippen molar-refractivity contribution in [2.24, 2.45) is 11.8 Å². The van der Waals surface area contributed by atoms with Crippen molar-refractivity contribution in [3.8, 4) is 0 Å². The summed E-state index contributed by atoms with van der Waals surface area (Å²) < 4.78 is 25.5.